The van der Waals surface area contributed by atoms with Crippen LogP contribution in [0, 0.1) is 18.3 Å². The molecule has 1 N–H and O–H groups in total. The third-order valence-electron chi connectivity index (χ3n) is 3.10. The molecule has 0 aliphatic rings. The lowest BCUT2D eigenvalue weighted by molar-refractivity contribution is -0.112. The standard InChI is InChI=1S/C17H17N3O2/c1-12-6-4-5-7-15(12)19-17(21)13(11-18)10-14-8-9-16(22-14)20(2)3/h4-10H,1-3H3,(H,19,21)/b13-10+. The van der Waals surface area contributed by atoms with Gasteiger partial charge < -0.3 is 14.6 Å². The van der Waals surface area contributed by atoms with Crippen molar-refractivity contribution in [2.75, 3.05) is 24.3 Å². The van der Waals surface area contributed by atoms with Gasteiger partial charge in [-0.25, -0.2) is 0 Å². The first-order valence-electron chi connectivity index (χ1n) is 6.77. The summed E-state index contributed by atoms with van der Waals surface area (Å²) in [4.78, 5) is 14.0. The molecule has 5 heteroatoms. The minimum absolute atomic E-state index is 0.0112. The largest absolute Gasteiger partial charge is 0.441 e. The summed E-state index contributed by atoms with van der Waals surface area (Å²) in [5.74, 6) is 0.655. The highest BCUT2D eigenvalue weighted by Gasteiger charge is 2.12. The Hall–Kier alpha value is -3.00. The fourth-order valence-electron chi connectivity index (χ4n) is 1.85. The maximum Gasteiger partial charge on any atom is 0.266 e. The topological polar surface area (TPSA) is 69.3 Å². The zero-order valence-electron chi connectivity index (χ0n) is 12.8. The van der Waals surface area contributed by atoms with Gasteiger partial charge in [0.05, 0.1) is 0 Å². The third-order valence-corrected chi connectivity index (χ3v) is 3.10. The Balaban J connectivity index is 2.20. The van der Waals surface area contributed by atoms with E-state index >= 15 is 0 Å². The molecule has 0 aliphatic heterocycles. The number of carbonyl (C=O) groups is 1. The number of aryl methyl sites for hydroxylation is 1. The number of nitrogens with zero attached hydrogens (tertiary/aromatic N) is 2. The number of rotatable bonds is 4. The molecule has 0 radical (unpaired) electrons. The first kappa shape index (κ1) is 15.4. The second-order valence-corrected chi connectivity index (χ2v) is 5.01. The molecule has 1 amide bonds. The van der Waals surface area contributed by atoms with Crippen molar-refractivity contribution in [1.82, 2.24) is 0 Å². The van der Waals surface area contributed by atoms with E-state index in [0.717, 1.165) is 5.56 Å². The van der Waals surface area contributed by atoms with Crippen LogP contribution in [0.15, 0.2) is 46.4 Å². The van der Waals surface area contributed by atoms with Crippen molar-refractivity contribution in [2.24, 2.45) is 0 Å². The smallest absolute Gasteiger partial charge is 0.266 e. The predicted octanol–water partition coefficient (Wildman–Crippen LogP) is 3.20. The van der Waals surface area contributed by atoms with Crippen molar-refractivity contribution in [1.29, 1.82) is 5.26 Å². The van der Waals surface area contributed by atoms with Crippen molar-refractivity contribution < 1.29 is 9.21 Å². The molecule has 0 bridgehead atoms. The lowest BCUT2D eigenvalue weighted by atomic mass is 10.2. The van der Waals surface area contributed by atoms with E-state index in [9.17, 15) is 10.1 Å². The van der Waals surface area contributed by atoms with Gasteiger partial charge in [0.25, 0.3) is 5.91 Å². The molecule has 1 aromatic heterocycles. The zero-order valence-corrected chi connectivity index (χ0v) is 12.8. The van der Waals surface area contributed by atoms with Gasteiger partial charge in [-0.15, -0.1) is 0 Å². The van der Waals surface area contributed by atoms with E-state index in [1.165, 1.54) is 6.08 Å². The van der Waals surface area contributed by atoms with Gasteiger partial charge in [0.2, 0.25) is 0 Å². The summed E-state index contributed by atoms with van der Waals surface area (Å²) >= 11 is 0. The molecule has 1 aromatic carbocycles. The Morgan fingerprint density at radius 2 is 2.00 bits per heavy atom. The van der Waals surface area contributed by atoms with Crippen LogP contribution in [-0.2, 0) is 4.79 Å². The number of nitrogens with one attached hydrogen (secondary N) is 1. The first-order valence-corrected chi connectivity index (χ1v) is 6.77. The summed E-state index contributed by atoms with van der Waals surface area (Å²) in [7, 11) is 3.70. The first-order chi connectivity index (χ1) is 10.5. The monoisotopic (exact) mass is 295 g/mol. The number of hydrogen-bond donors (Lipinski definition) is 1. The van der Waals surface area contributed by atoms with Crippen LogP contribution in [-0.4, -0.2) is 20.0 Å². The van der Waals surface area contributed by atoms with E-state index < -0.39 is 5.91 Å². The van der Waals surface area contributed by atoms with Crippen molar-refractivity contribution in [3.8, 4) is 6.07 Å². The molecule has 22 heavy (non-hydrogen) atoms. The fourth-order valence-corrected chi connectivity index (χ4v) is 1.85. The SMILES string of the molecule is Cc1ccccc1NC(=O)/C(C#N)=C/c1ccc(N(C)C)o1. The number of anilines is 2. The maximum atomic E-state index is 12.2. The van der Waals surface area contributed by atoms with Crippen molar-refractivity contribution in [2.45, 2.75) is 6.92 Å². The van der Waals surface area contributed by atoms with Crippen LogP contribution in [0.4, 0.5) is 11.6 Å². The Kier molecular flexibility index (Phi) is 4.64. The maximum absolute atomic E-state index is 12.2. The third kappa shape index (κ3) is 3.55. The van der Waals surface area contributed by atoms with Gasteiger partial charge in [-0.3, -0.25) is 4.79 Å². The van der Waals surface area contributed by atoms with Crippen LogP contribution in [0.1, 0.15) is 11.3 Å². The Morgan fingerprint density at radius 1 is 1.27 bits per heavy atom. The van der Waals surface area contributed by atoms with Crippen LogP contribution in [0.2, 0.25) is 0 Å². The minimum Gasteiger partial charge on any atom is -0.441 e. The number of furan rings is 1. The highest BCUT2D eigenvalue weighted by atomic mass is 16.4. The molecule has 112 valence electrons. The molecular weight excluding hydrogens is 278 g/mol. The molecule has 0 fully saturated rings. The summed E-state index contributed by atoms with van der Waals surface area (Å²) in [6, 6.07) is 12.8. The summed E-state index contributed by atoms with van der Waals surface area (Å²) in [5, 5.41) is 11.9. The highest BCUT2D eigenvalue weighted by molar-refractivity contribution is 6.09. The number of para-hydroxylation sites is 1. The van der Waals surface area contributed by atoms with E-state index in [-0.39, 0.29) is 5.57 Å². The van der Waals surface area contributed by atoms with E-state index in [1.54, 1.807) is 23.1 Å². The Bertz CT molecular complexity index is 751. The second kappa shape index (κ2) is 6.64. The van der Waals surface area contributed by atoms with Gasteiger partial charge in [-0.05, 0) is 24.6 Å². The molecule has 0 saturated carbocycles. The normalized spacial score (nSPS) is 10.9. The second-order valence-electron chi connectivity index (χ2n) is 5.01. The highest BCUT2D eigenvalue weighted by Crippen LogP contribution is 2.19. The van der Waals surface area contributed by atoms with Crippen molar-refractivity contribution in [3.63, 3.8) is 0 Å². The molecule has 0 spiro atoms. The lowest BCUT2D eigenvalue weighted by Crippen LogP contribution is -2.14. The van der Waals surface area contributed by atoms with E-state index in [0.29, 0.717) is 17.3 Å². The van der Waals surface area contributed by atoms with Crippen LogP contribution < -0.4 is 10.2 Å². The quantitative estimate of drug-likeness (QED) is 0.694. The van der Waals surface area contributed by atoms with Crippen LogP contribution in [0.5, 0.6) is 0 Å². The summed E-state index contributed by atoms with van der Waals surface area (Å²) in [6.07, 6.45) is 1.43. The predicted molar refractivity (Wildman–Crippen MR) is 86.4 cm³/mol. The van der Waals surface area contributed by atoms with Gasteiger partial charge in [0.1, 0.15) is 17.4 Å². The van der Waals surface area contributed by atoms with E-state index in [4.69, 9.17) is 4.42 Å². The number of nitriles is 1. The molecule has 0 aliphatic carbocycles. The van der Waals surface area contributed by atoms with Crippen LogP contribution in [0.3, 0.4) is 0 Å². The average Bonchev–Trinajstić information content (AvgIpc) is 2.96. The van der Waals surface area contributed by atoms with Gasteiger partial charge in [0, 0.05) is 31.9 Å². The minimum atomic E-state index is -0.459. The molecular formula is C17H17N3O2. The molecule has 5 nitrogen and oxygen atoms in total. The Morgan fingerprint density at radius 3 is 2.59 bits per heavy atom. The molecule has 0 saturated heterocycles. The lowest BCUT2D eigenvalue weighted by Gasteiger charge is -2.07. The van der Waals surface area contributed by atoms with E-state index in [1.807, 2.05) is 45.3 Å². The van der Waals surface area contributed by atoms with Crippen molar-refractivity contribution in [3.05, 3.63) is 53.3 Å². The molecule has 2 aromatic rings. The summed E-state index contributed by atoms with van der Waals surface area (Å²) in [5.41, 5.74) is 1.60. The Labute approximate surface area is 129 Å². The summed E-state index contributed by atoms with van der Waals surface area (Å²) in [6.45, 7) is 1.89. The molecule has 1 heterocycles. The number of amides is 1. The summed E-state index contributed by atoms with van der Waals surface area (Å²) < 4.78 is 5.52. The van der Waals surface area contributed by atoms with Crippen molar-refractivity contribution >= 4 is 23.6 Å². The van der Waals surface area contributed by atoms with Gasteiger partial charge in [-0.2, -0.15) is 5.26 Å². The van der Waals surface area contributed by atoms with Gasteiger partial charge in [-0.1, -0.05) is 18.2 Å². The number of benzene rings is 1. The van der Waals surface area contributed by atoms with Crippen LogP contribution >= 0.6 is 0 Å². The number of hydrogen-bond acceptors (Lipinski definition) is 4. The van der Waals surface area contributed by atoms with E-state index in [2.05, 4.69) is 5.32 Å². The molecule has 0 atom stereocenters. The van der Waals surface area contributed by atoms with Crippen LogP contribution in [0.25, 0.3) is 6.08 Å². The number of carbonyl (C=O) groups excluding carboxylic acids is 1. The molecule has 2 rings (SSSR count). The van der Waals surface area contributed by atoms with Gasteiger partial charge in [0.15, 0.2) is 5.88 Å². The average molecular weight is 295 g/mol. The fraction of sp³-hybridized carbons (Fsp3) is 0.176. The van der Waals surface area contributed by atoms with Gasteiger partial charge >= 0.3 is 0 Å². The zero-order chi connectivity index (χ0) is 16.1. The molecule has 0 unspecified atom stereocenters.